The van der Waals surface area contributed by atoms with Crippen molar-refractivity contribution >= 4 is 16.5 Å². The van der Waals surface area contributed by atoms with E-state index in [-0.39, 0.29) is 0 Å². The molecule has 0 radical (unpaired) electrons. The minimum absolute atomic E-state index is 0.599. The van der Waals surface area contributed by atoms with E-state index in [1.165, 1.54) is 18.0 Å². The Kier molecular flexibility index (Phi) is 4.98. The van der Waals surface area contributed by atoms with Crippen molar-refractivity contribution in [3.8, 4) is 0 Å². The van der Waals surface area contributed by atoms with Crippen molar-refractivity contribution in [2.45, 2.75) is 39.8 Å². The van der Waals surface area contributed by atoms with Crippen LogP contribution in [0.3, 0.4) is 0 Å². The van der Waals surface area contributed by atoms with Crippen LogP contribution in [0.2, 0.25) is 0 Å². The predicted octanol–water partition coefficient (Wildman–Crippen LogP) is 2.20. The van der Waals surface area contributed by atoms with Crippen LogP contribution >= 0.6 is 11.5 Å². The summed E-state index contributed by atoms with van der Waals surface area (Å²) in [5.41, 5.74) is 1.06. The summed E-state index contributed by atoms with van der Waals surface area (Å²) < 4.78 is 3.97. The summed E-state index contributed by atoms with van der Waals surface area (Å²) in [7, 11) is 1.91. The van der Waals surface area contributed by atoms with E-state index < -0.39 is 0 Å². The normalized spacial score (nSPS) is 13.1. The monoisotopic (exact) mass is 228 g/mol. The highest BCUT2D eigenvalue weighted by Crippen LogP contribution is 2.19. The molecule has 0 amide bonds. The van der Waals surface area contributed by atoms with E-state index in [1.807, 2.05) is 7.05 Å². The van der Waals surface area contributed by atoms with Gasteiger partial charge in [-0.05, 0) is 19.9 Å². The van der Waals surface area contributed by atoms with Gasteiger partial charge in [0.15, 0.2) is 0 Å². The van der Waals surface area contributed by atoms with Crippen LogP contribution in [0.5, 0.6) is 0 Å². The Morgan fingerprint density at radius 1 is 1.47 bits per heavy atom. The van der Waals surface area contributed by atoms with Gasteiger partial charge in [0.05, 0.1) is 0 Å². The highest BCUT2D eigenvalue weighted by Gasteiger charge is 2.14. The van der Waals surface area contributed by atoms with Gasteiger partial charge in [0, 0.05) is 31.2 Å². The molecule has 0 saturated carbocycles. The Morgan fingerprint density at radius 2 is 2.20 bits per heavy atom. The van der Waals surface area contributed by atoms with Gasteiger partial charge in [0.2, 0.25) is 0 Å². The van der Waals surface area contributed by atoms with Crippen LogP contribution in [-0.4, -0.2) is 34.1 Å². The van der Waals surface area contributed by atoms with Crippen molar-refractivity contribution in [2.75, 3.05) is 18.9 Å². The summed E-state index contributed by atoms with van der Waals surface area (Å²) in [6.07, 6.45) is 1.17. The first kappa shape index (κ1) is 12.4. The maximum absolute atomic E-state index is 4.16. The number of hydrogen-bond acceptors (Lipinski definition) is 5. The van der Waals surface area contributed by atoms with Gasteiger partial charge in [0.25, 0.3) is 0 Å². The third-order valence-electron chi connectivity index (χ3n) is 2.76. The summed E-state index contributed by atoms with van der Waals surface area (Å²) in [6, 6.07) is 0.599. The lowest BCUT2D eigenvalue weighted by molar-refractivity contribution is 0.204. The van der Waals surface area contributed by atoms with E-state index >= 15 is 0 Å². The molecule has 0 fully saturated rings. The summed E-state index contributed by atoms with van der Waals surface area (Å²) in [4.78, 5) is 2.41. The molecule has 1 unspecified atom stereocenters. The van der Waals surface area contributed by atoms with Crippen molar-refractivity contribution in [2.24, 2.45) is 0 Å². The van der Waals surface area contributed by atoms with Crippen LogP contribution < -0.4 is 5.32 Å². The minimum Gasteiger partial charge on any atom is -0.377 e. The molecule has 1 atom stereocenters. The summed E-state index contributed by atoms with van der Waals surface area (Å²) >= 11 is 1.42. The molecule has 5 heteroatoms. The van der Waals surface area contributed by atoms with Crippen molar-refractivity contribution in [1.82, 2.24) is 14.5 Å². The van der Waals surface area contributed by atoms with E-state index in [1.54, 1.807) is 0 Å². The lowest BCUT2D eigenvalue weighted by Gasteiger charge is -2.26. The van der Waals surface area contributed by atoms with Gasteiger partial charge >= 0.3 is 0 Å². The van der Waals surface area contributed by atoms with Crippen molar-refractivity contribution in [1.29, 1.82) is 0 Å². The molecule has 1 N–H and O–H groups in total. The van der Waals surface area contributed by atoms with Crippen LogP contribution in [0, 0.1) is 0 Å². The number of nitrogens with zero attached hydrogens (tertiary/aromatic N) is 3. The highest BCUT2D eigenvalue weighted by atomic mass is 32.1. The number of nitrogens with one attached hydrogen (secondary N) is 1. The second-order valence-corrected chi connectivity index (χ2v) is 4.37. The molecule has 0 aliphatic carbocycles. The molecule has 15 heavy (non-hydrogen) atoms. The smallest absolute Gasteiger partial charge is 0.134 e. The molecule has 0 aliphatic rings. The van der Waals surface area contributed by atoms with E-state index in [9.17, 15) is 0 Å². The van der Waals surface area contributed by atoms with Gasteiger partial charge in [-0.3, -0.25) is 4.90 Å². The Bertz CT molecular complexity index is 287. The van der Waals surface area contributed by atoms with E-state index in [4.69, 9.17) is 0 Å². The SMILES string of the molecule is CCC(C)N(CC)Cc1nnsc1NC. The van der Waals surface area contributed by atoms with Crippen molar-refractivity contribution in [3.63, 3.8) is 0 Å². The molecule has 0 saturated heterocycles. The molecule has 1 rings (SSSR count). The maximum atomic E-state index is 4.16. The number of aromatic nitrogens is 2. The first-order valence-corrected chi connectivity index (χ1v) is 6.23. The van der Waals surface area contributed by atoms with E-state index in [0.717, 1.165) is 23.8 Å². The topological polar surface area (TPSA) is 41.1 Å². The summed E-state index contributed by atoms with van der Waals surface area (Å²) in [5.74, 6) is 0. The van der Waals surface area contributed by atoms with Crippen LogP contribution in [0.1, 0.15) is 32.9 Å². The highest BCUT2D eigenvalue weighted by molar-refractivity contribution is 7.10. The second kappa shape index (κ2) is 6.02. The average molecular weight is 228 g/mol. The molecule has 0 aliphatic heterocycles. The fourth-order valence-corrected chi connectivity index (χ4v) is 2.05. The van der Waals surface area contributed by atoms with Gasteiger partial charge in [-0.2, -0.15) is 0 Å². The minimum atomic E-state index is 0.599. The number of hydrogen-bond donors (Lipinski definition) is 1. The molecule has 0 bridgehead atoms. The zero-order valence-corrected chi connectivity index (χ0v) is 10.8. The molecule has 0 aromatic carbocycles. The van der Waals surface area contributed by atoms with Crippen LogP contribution in [0.15, 0.2) is 0 Å². The fraction of sp³-hybridized carbons (Fsp3) is 0.800. The van der Waals surface area contributed by atoms with Crippen LogP contribution in [-0.2, 0) is 6.54 Å². The molecule has 1 aromatic heterocycles. The Morgan fingerprint density at radius 3 is 2.73 bits per heavy atom. The third-order valence-corrected chi connectivity index (χ3v) is 3.54. The van der Waals surface area contributed by atoms with Crippen LogP contribution in [0.4, 0.5) is 5.00 Å². The van der Waals surface area contributed by atoms with E-state index in [2.05, 4.69) is 40.6 Å². The quantitative estimate of drug-likeness (QED) is 0.810. The van der Waals surface area contributed by atoms with Crippen molar-refractivity contribution < 1.29 is 0 Å². The number of anilines is 1. The van der Waals surface area contributed by atoms with Gasteiger partial charge < -0.3 is 5.32 Å². The molecule has 1 aromatic rings. The third kappa shape index (κ3) is 3.14. The zero-order chi connectivity index (χ0) is 11.3. The molecule has 0 spiro atoms. The zero-order valence-electron chi connectivity index (χ0n) is 9.95. The molecule has 4 nitrogen and oxygen atoms in total. The Balaban J connectivity index is 2.66. The van der Waals surface area contributed by atoms with E-state index in [0.29, 0.717) is 6.04 Å². The second-order valence-electron chi connectivity index (χ2n) is 3.62. The van der Waals surface area contributed by atoms with Gasteiger partial charge in [-0.1, -0.05) is 18.3 Å². The average Bonchev–Trinajstić information content (AvgIpc) is 2.71. The standard InChI is InChI=1S/C10H20N4S/c1-5-8(3)14(6-2)7-9-10(11-4)15-13-12-9/h8,11H,5-7H2,1-4H3. The maximum Gasteiger partial charge on any atom is 0.134 e. The fourth-order valence-electron chi connectivity index (χ4n) is 1.53. The Hall–Kier alpha value is -0.680. The first-order chi connectivity index (χ1) is 7.22. The molecular weight excluding hydrogens is 208 g/mol. The Labute approximate surface area is 95.8 Å². The molecule has 86 valence electrons. The van der Waals surface area contributed by atoms with Gasteiger partial charge in [0.1, 0.15) is 10.7 Å². The summed E-state index contributed by atoms with van der Waals surface area (Å²) in [5, 5.41) is 8.36. The first-order valence-electron chi connectivity index (χ1n) is 5.45. The summed E-state index contributed by atoms with van der Waals surface area (Å²) in [6.45, 7) is 8.59. The molecule has 1 heterocycles. The van der Waals surface area contributed by atoms with Gasteiger partial charge in [-0.15, -0.1) is 5.10 Å². The van der Waals surface area contributed by atoms with Gasteiger partial charge in [-0.25, -0.2) is 0 Å². The number of rotatable bonds is 6. The predicted molar refractivity (Wildman–Crippen MR) is 65.3 cm³/mol. The lowest BCUT2D eigenvalue weighted by Crippen LogP contribution is -2.32. The largest absolute Gasteiger partial charge is 0.377 e. The lowest BCUT2D eigenvalue weighted by atomic mass is 10.2. The van der Waals surface area contributed by atoms with Crippen molar-refractivity contribution in [3.05, 3.63) is 5.69 Å². The molecular formula is C10H20N4S. The van der Waals surface area contributed by atoms with Crippen LogP contribution in [0.25, 0.3) is 0 Å².